The zero-order valence-electron chi connectivity index (χ0n) is 12.2. The summed E-state index contributed by atoms with van der Waals surface area (Å²) >= 11 is 2.81. The highest BCUT2D eigenvalue weighted by atomic mass is 32.1. The molecule has 3 aromatic heterocycles. The van der Waals surface area contributed by atoms with Crippen LogP contribution in [-0.4, -0.2) is 20.3 Å². The fourth-order valence-electron chi connectivity index (χ4n) is 2.03. The van der Waals surface area contributed by atoms with Crippen LogP contribution in [0.15, 0.2) is 22.6 Å². The monoisotopic (exact) mass is 335 g/mol. The van der Waals surface area contributed by atoms with Gasteiger partial charge in [0, 0.05) is 22.1 Å². The van der Waals surface area contributed by atoms with Crippen LogP contribution in [-0.2, 0) is 4.74 Å². The number of thiazole rings is 2. The van der Waals surface area contributed by atoms with Gasteiger partial charge in [-0.3, -0.25) is 9.20 Å². The van der Waals surface area contributed by atoms with Crippen LogP contribution in [0.3, 0.4) is 0 Å². The van der Waals surface area contributed by atoms with E-state index < -0.39 is 17.6 Å². The van der Waals surface area contributed by atoms with E-state index in [0.29, 0.717) is 9.97 Å². The lowest BCUT2D eigenvalue weighted by Crippen LogP contribution is -2.24. The Hall–Kier alpha value is -2.06. The minimum atomic E-state index is -0.683. The van der Waals surface area contributed by atoms with Crippen molar-refractivity contribution in [3.63, 3.8) is 0 Å². The fourth-order valence-corrected chi connectivity index (χ4v) is 3.58. The van der Waals surface area contributed by atoms with Crippen molar-refractivity contribution in [2.75, 3.05) is 0 Å². The molecule has 0 saturated heterocycles. The van der Waals surface area contributed by atoms with Crippen LogP contribution in [0.4, 0.5) is 0 Å². The molecule has 0 aliphatic rings. The summed E-state index contributed by atoms with van der Waals surface area (Å²) in [7, 11) is 0. The Bertz CT molecular complexity index is 896. The third kappa shape index (κ3) is 2.44. The molecule has 3 heterocycles. The van der Waals surface area contributed by atoms with E-state index in [1.807, 2.05) is 13.8 Å². The third-order valence-corrected chi connectivity index (χ3v) is 5.33. The molecule has 114 valence electrons. The molecule has 0 aromatic carbocycles. The van der Waals surface area contributed by atoms with Gasteiger partial charge in [0.05, 0.1) is 6.20 Å². The van der Waals surface area contributed by atoms with Gasteiger partial charge < -0.3 is 4.74 Å². The minimum absolute atomic E-state index is 0.0678. The molecule has 0 spiro atoms. The summed E-state index contributed by atoms with van der Waals surface area (Å²) in [6.45, 7) is 5.46. The van der Waals surface area contributed by atoms with Crippen molar-refractivity contribution in [2.45, 2.75) is 26.9 Å². The molecular formula is C14H13N3O3S2. The number of ether oxygens (including phenoxy) is 1. The van der Waals surface area contributed by atoms with E-state index in [0.717, 1.165) is 10.6 Å². The van der Waals surface area contributed by atoms with Crippen LogP contribution in [0.2, 0.25) is 0 Å². The van der Waals surface area contributed by atoms with Gasteiger partial charge in [-0.15, -0.1) is 22.7 Å². The predicted octanol–water partition coefficient (Wildman–Crippen LogP) is 2.75. The number of aryl methyl sites for hydroxylation is 2. The smallest absolute Gasteiger partial charge is 0.346 e. The van der Waals surface area contributed by atoms with Gasteiger partial charge in [0.15, 0.2) is 11.1 Å². The lowest BCUT2D eigenvalue weighted by molar-refractivity contribution is 0.0334. The lowest BCUT2D eigenvalue weighted by atomic mass is 10.3. The minimum Gasteiger partial charge on any atom is -0.451 e. The zero-order valence-corrected chi connectivity index (χ0v) is 13.8. The van der Waals surface area contributed by atoms with Crippen LogP contribution in [0.1, 0.15) is 39.0 Å². The summed E-state index contributed by atoms with van der Waals surface area (Å²) in [6.07, 6.45) is 2.42. The van der Waals surface area contributed by atoms with Crippen molar-refractivity contribution in [3.05, 3.63) is 49.3 Å². The maximum atomic E-state index is 12.5. The molecule has 8 heteroatoms. The van der Waals surface area contributed by atoms with Gasteiger partial charge in [-0.2, -0.15) is 0 Å². The largest absolute Gasteiger partial charge is 0.451 e. The molecule has 6 nitrogen and oxygen atoms in total. The van der Waals surface area contributed by atoms with Crippen molar-refractivity contribution in [2.24, 2.45) is 0 Å². The van der Waals surface area contributed by atoms with E-state index in [9.17, 15) is 9.59 Å². The van der Waals surface area contributed by atoms with Crippen LogP contribution < -0.4 is 5.56 Å². The van der Waals surface area contributed by atoms with E-state index >= 15 is 0 Å². The molecule has 1 unspecified atom stereocenters. The van der Waals surface area contributed by atoms with Gasteiger partial charge in [0.2, 0.25) is 0 Å². The van der Waals surface area contributed by atoms with Crippen molar-refractivity contribution in [1.29, 1.82) is 0 Å². The predicted molar refractivity (Wildman–Crippen MR) is 84.8 cm³/mol. The van der Waals surface area contributed by atoms with Crippen LogP contribution in [0, 0.1) is 13.8 Å². The van der Waals surface area contributed by atoms with Crippen molar-refractivity contribution in [1.82, 2.24) is 14.4 Å². The maximum Gasteiger partial charge on any atom is 0.346 e. The number of carbonyl (C=O) groups is 1. The summed E-state index contributed by atoms with van der Waals surface area (Å²) in [4.78, 5) is 34.6. The van der Waals surface area contributed by atoms with Gasteiger partial charge in [0.25, 0.3) is 5.56 Å². The van der Waals surface area contributed by atoms with E-state index in [1.165, 1.54) is 33.3 Å². The number of esters is 1. The Labute approximate surface area is 134 Å². The Balaban J connectivity index is 1.96. The summed E-state index contributed by atoms with van der Waals surface area (Å²) in [5.74, 6) is -0.683. The summed E-state index contributed by atoms with van der Waals surface area (Å²) in [5, 5.41) is 2.49. The maximum absolute atomic E-state index is 12.5. The van der Waals surface area contributed by atoms with Gasteiger partial charge in [-0.05, 0) is 20.8 Å². The second-order valence-corrected chi connectivity index (χ2v) is 6.86. The molecule has 3 rings (SSSR count). The normalized spacial score (nSPS) is 12.5. The summed E-state index contributed by atoms with van der Waals surface area (Å²) in [6, 6.07) is 0. The van der Waals surface area contributed by atoms with E-state index in [4.69, 9.17) is 4.74 Å². The fraction of sp³-hybridized carbons (Fsp3) is 0.286. The van der Waals surface area contributed by atoms with Crippen LogP contribution in [0.25, 0.3) is 4.96 Å². The van der Waals surface area contributed by atoms with Crippen LogP contribution >= 0.6 is 22.7 Å². The molecule has 3 aromatic rings. The summed E-state index contributed by atoms with van der Waals surface area (Å²) < 4.78 is 6.77. The molecule has 0 fully saturated rings. The highest BCUT2D eigenvalue weighted by Crippen LogP contribution is 2.21. The average Bonchev–Trinajstić information content (AvgIpc) is 3.09. The van der Waals surface area contributed by atoms with Crippen molar-refractivity contribution >= 4 is 33.6 Å². The van der Waals surface area contributed by atoms with Gasteiger partial charge >= 0.3 is 5.97 Å². The van der Waals surface area contributed by atoms with E-state index in [-0.39, 0.29) is 5.56 Å². The SMILES string of the molecule is Cc1sc2ncc(C(=O)OC(C)c3nccs3)c(=O)n2c1C. The number of hydrogen-bond donors (Lipinski definition) is 0. The van der Waals surface area contributed by atoms with Crippen LogP contribution in [0.5, 0.6) is 0 Å². The zero-order chi connectivity index (χ0) is 15.9. The Kier molecular flexibility index (Phi) is 3.79. The number of hydrogen-bond acceptors (Lipinski definition) is 7. The van der Waals surface area contributed by atoms with Crippen molar-refractivity contribution in [3.8, 4) is 0 Å². The number of carbonyl (C=O) groups excluding carboxylic acids is 1. The van der Waals surface area contributed by atoms with Gasteiger partial charge in [-0.25, -0.2) is 14.8 Å². The highest BCUT2D eigenvalue weighted by Gasteiger charge is 2.21. The molecule has 0 radical (unpaired) electrons. The molecule has 0 bridgehead atoms. The van der Waals surface area contributed by atoms with Gasteiger partial charge in [-0.1, -0.05) is 0 Å². The van der Waals surface area contributed by atoms with E-state index in [1.54, 1.807) is 18.5 Å². The number of rotatable bonds is 3. The quantitative estimate of drug-likeness (QED) is 0.688. The standard InChI is InChI=1S/C14H13N3O3S2/c1-7-9(3)22-14-16-6-10(12(18)17(7)14)13(19)20-8(2)11-15-4-5-21-11/h4-6,8H,1-3H3. The Morgan fingerprint density at radius 3 is 2.82 bits per heavy atom. The molecule has 0 saturated carbocycles. The average molecular weight is 335 g/mol. The molecule has 0 N–H and O–H groups in total. The first-order valence-corrected chi connectivity index (χ1v) is 8.26. The molecule has 22 heavy (non-hydrogen) atoms. The second kappa shape index (κ2) is 5.62. The highest BCUT2D eigenvalue weighted by molar-refractivity contribution is 7.17. The van der Waals surface area contributed by atoms with Crippen molar-refractivity contribution < 1.29 is 9.53 Å². The topological polar surface area (TPSA) is 73.6 Å². The number of nitrogens with zero attached hydrogens (tertiary/aromatic N) is 3. The molecule has 0 aliphatic carbocycles. The molecular weight excluding hydrogens is 322 g/mol. The summed E-state index contributed by atoms with van der Waals surface area (Å²) in [5.41, 5.74) is 0.324. The second-order valence-electron chi connectivity index (χ2n) is 4.76. The van der Waals surface area contributed by atoms with Gasteiger partial charge in [0.1, 0.15) is 10.6 Å². The number of fused-ring (bicyclic) bond motifs is 1. The molecule has 0 aliphatic heterocycles. The number of aromatic nitrogens is 3. The first kappa shape index (κ1) is 14.9. The van der Waals surface area contributed by atoms with E-state index in [2.05, 4.69) is 9.97 Å². The Morgan fingerprint density at radius 1 is 1.36 bits per heavy atom. The molecule has 1 atom stereocenters. The third-order valence-electron chi connectivity index (χ3n) is 3.32. The lowest BCUT2D eigenvalue weighted by Gasteiger charge is -2.10. The first-order valence-electron chi connectivity index (χ1n) is 6.57. The Morgan fingerprint density at radius 2 is 2.14 bits per heavy atom. The molecule has 0 amide bonds. The first-order chi connectivity index (χ1) is 10.5.